The fourth-order valence-electron chi connectivity index (χ4n) is 1.77. The van der Waals surface area contributed by atoms with Crippen LogP contribution in [-0.4, -0.2) is 11.4 Å². The van der Waals surface area contributed by atoms with Crippen LogP contribution in [0.1, 0.15) is 24.0 Å². The van der Waals surface area contributed by atoms with Gasteiger partial charge in [0, 0.05) is 5.92 Å². The largest absolute Gasteiger partial charge is 0.392 e. The molecule has 0 amide bonds. The van der Waals surface area contributed by atoms with Crippen molar-refractivity contribution in [1.82, 2.24) is 0 Å². The second-order valence-electron chi connectivity index (χ2n) is 4.02. The molecule has 0 saturated heterocycles. The quantitative estimate of drug-likeness (QED) is 0.797. The lowest BCUT2D eigenvalue weighted by Crippen LogP contribution is -1.94. The molecule has 2 rings (SSSR count). The third kappa shape index (κ3) is 1.97. The fraction of sp³-hybridized carbons (Fsp3) is 0.214. The first kappa shape index (κ1) is 10.8. The average Bonchev–Trinajstić information content (AvgIpc) is 2.36. The van der Waals surface area contributed by atoms with E-state index in [1.807, 2.05) is 43.3 Å². The summed E-state index contributed by atoms with van der Waals surface area (Å²) in [6.45, 7) is 1.94. The molecule has 2 nitrogen and oxygen atoms in total. The predicted octanol–water partition coefficient (Wildman–Crippen LogP) is 2.63. The van der Waals surface area contributed by atoms with Crippen molar-refractivity contribution in [2.24, 2.45) is 0 Å². The first-order valence-electron chi connectivity index (χ1n) is 5.33. The van der Waals surface area contributed by atoms with Crippen LogP contribution in [0.25, 0.3) is 10.8 Å². The number of rotatable bonds is 3. The Morgan fingerprint density at radius 2 is 1.88 bits per heavy atom. The van der Waals surface area contributed by atoms with Crippen LogP contribution >= 0.6 is 0 Å². The maximum atomic E-state index is 10.7. The molecule has 0 fully saturated rings. The summed E-state index contributed by atoms with van der Waals surface area (Å²) in [7, 11) is 0. The summed E-state index contributed by atoms with van der Waals surface area (Å²) in [6, 6.07) is 11.8. The minimum Gasteiger partial charge on any atom is -0.392 e. The Morgan fingerprint density at radius 1 is 1.19 bits per heavy atom. The summed E-state index contributed by atoms with van der Waals surface area (Å²) in [4.78, 5) is 10.7. The van der Waals surface area contributed by atoms with Crippen LogP contribution in [-0.2, 0) is 11.4 Å². The number of aldehydes is 1. The summed E-state index contributed by atoms with van der Waals surface area (Å²) in [6.07, 6.45) is 0.948. The molecule has 0 spiro atoms. The van der Waals surface area contributed by atoms with Gasteiger partial charge in [0.25, 0.3) is 0 Å². The molecule has 0 aromatic heterocycles. The molecule has 0 heterocycles. The normalized spacial score (nSPS) is 12.6. The van der Waals surface area contributed by atoms with Crippen LogP contribution in [0.5, 0.6) is 0 Å². The molecule has 16 heavy (non-hydrogen) atoms. The summed E-state index contributed by atoms with van der Waals surface area (Å²) in [5.74, 6) is -0.0677. The maximum Gasteiger partial charge on any atom is 0.127 e. The van der Waals surface area contributed by atoms with Crippen LogP contribution < -0.4 is 0 Å². The van der Waals surface area contributed by atoms with Gasteiger partial charge in [-0.3, -0.25) is 0 Å². The van der Waals surface area contributed by atoms with Crippen LogP contribution in [0.15, 0.2) is 36.4 Å². The number of hydrogen-bond acceptors (Lipinski definition) is 2. The van der Waals surface area contributed by atoms with Gasteiger partial charge < -0.3 is 9.90 Å². The zero-order valence-electron chi connectivity index (χ0n) is 9.18. The Kier molecular flexibility index (Phi) is 3.02. The maximum absolute atomic E-state index is 10.7. The van der Waals surface area contributed by atoms with Gasteiger partial charge in [0.05, 0.1) is 6.61 Å². The Hall–Kier alpha value is -1.67. The first-order valence-corrected chi connectivity index (χ1v) is 5.33. The second-order valence-corrected chi connectivity index (χ2v) is 4.02. The lowest BCUT2D eigenvalue weighted by atomic mass is 9.98. The molecular formula is C14H14O2. The van der Waals surface area contributed by atoms with Gasteiger partial charge in [0.1, 0.15) is 6.29 Å². The van der Waals surface area contributed by atoms with Gasteiger partial charge in [-0.25, -0.2) is 0 Å². The number of aliphatic hydroxyl groups is 1. The monoisotopic (exact) mass is 214 g/mol. The molecule has 82 valence electrons. The number of fused-ring (bicyclic) bond motifs is 1. The van der Waals surface area contributed by atoms with Crippen LogP contribution in [0, 0.1) is 0 Å². The number of carbonyl (C=O) groups excluding carboxylic acids is 1. The summed E-state index contributed by atoms with van der Waals surface area (Å²) in [5.41, 5.74) is 1.93. The van der Waals surface area contributed by atoms with E-state index in [2.05, 4.69) is 0 Å². The highest BCUT2D eigenvalue weighted by Gasteiger charge is 2.04. The Balaban J connectivity index is 2.51. The molecule has 0 aliphatic rings. The van der Waals surface area contributed by atoms with Crippen molar-refractivity contribution in [3.05, 3.63) is 47.5 Å². The topological polar surface area (TPSA) is 37.3 Å². The van der Waals surface area contributed by atoms with E-state index in [0.717, 1.165) is 28.2 Å². The van der Waals surface area contributed by atoms with Crippen LogP contribution in [0.3, 0.4) is 0 Å². The lowest BCUT2D eigenvalue weighted by Gasteiger charge is -2.06. The summed E-state index contributed by atoms with van der Waals surface area (Å²) in [5, 5.41) is 11.2. The molecule has 0 aliphatic heterocycles. The van der Waals surface area contributed by atoms with E-state index in [1.54, 1.807) is 0 Å². The van der Waals surface area contributed by atoms with Crippen molar-refractivity contribution in [1.29, 1.82) is 0 Å². The Morgan fingerprint density at radius 3 is 2.56 bits per heavy atom. The average molecular weight is 214 g/mol. The van der Waals surface area contributed by atoms with Crippen LogP contribution in [0.4, 0.5) is 0 Å². The van der Waals surface area contributed by atoms with E-state index in [1.165, 1.54) is 0 Å². The fourth-order valence-corrected chi connectivity index (χ4v) is 1.77. The van der Waals surface area contributed by atoms with Gasteiger partial charge in [0.2, 0.25) is 0 Å². The van der Waals surface area contributed by atoms with Crippen molar-refractivity contribution in [2.75, 3.05) is 0 Å². The van der Waals surface area contributed by atoms with Crippen molar-refractivity contribution in [3.63, 3.8) is 0 Å². The van der Waals surface area contributed by atoms with Crippen molar-refractivity contribution in [2.45, 2.75) is 19.4 Å². The van der Waals surface area contributed by atoms with Crippen molar-refractivity contribution in [3.8, 4) is 0 Å². The highest BCUT2D eigenvalue weighted by molar-refractivity contribution is 5.84. The molecule has 2 heteroatoms. The van der Waals surface area contributed by atoms with Gasteiger partial charge in [-0.15, -0.1) is 0 Å². The lowest BCUT2D eigenvalue weighted by molar-refractivity contribution is -0.108. The molecular weight excluding hydrogens is 200 g/mol. The van der Waals surface area contributed by atoms with Crippen molar-refractivity contribution < 1.29 is 9.90 Å². The van der Waals surface area contributed by atoms with Gasteiger partial charge in [-0.05, 0) is 28.0 Å². The van der Waals surface area contributed by atoms with Gasteiger partial charge in [-0.1, -0.05) is 37.3 Å². The van der Waals surface area contributed by atoms with E-state index >= 15 is 0 Å². The highest BCUT2D eigenvalue weighted by atomic mass is 16.3. The standard InChI is InChI=1S/C14H14O2/c1-10(8-15)12-4-5-13-6-11(9-16)2-3-14(13)7-12/h2-8,10,16H,9H2,1H3. The summed E-state index contributed by atoms with van der Waals surface area (Å²) >= 11 is 0. The SMILES string of the molecule is CC(C=O)c1ccc2cc(CO)ccc2c1. The number of carbonyl (C=O) groups is 1. The molecule has 0 bridgehead atoms. The number of hydrogen-bond donors (Lipinski definition) is 1. The van der Waals surface area contributed by atoms with E-state index in [-0.39, 0.29) is 12.5 Å². The zero-order valence-corrected chi connectivity index (χ0v) is 9.18. The van der Waals surface area contributed by atoms with E-state index in [9.17, 15) is 4.79 Å². The second kappa shape index (κ2) is 4.45. The smallest absolute Gasteiger partial charge is 0.127 e. The molecule has 0 saturated carbocycles. The number of aliphatic hydroxyl groups excluding tert-OH is 1. The minimum atomic E-state index is -0.0677. The Bertz CT molecular complexity index is 517. The molecule has 2 aromatic carbocycles. The highest BCUT2D eigenvalue weighted by Crippen LogP contribution is 2.21. The Labute approximate surface area is 94.5 Å². The molecule has 1 unspecified atom stereocenters. The molecule has 0 radical (unpaired) electrons. The first-order chi connectivity index (χ1) is 7.74. The van der Waals surface area contributed by atoms with Gasteiger partial charge in [0.15, 0.2) is 0 Å². The third-order valence-corrected chi connectivity index (χ3v) is 2.84. The van der Waals surface area contributed by atoms with Gasteiger partial charge in [-0.2, -0.15) is 0 Å². The summed E-state index contributed by atoms with van der Waals surface area (Å²) < 4.78 is 0. The molecule has 1 atom stereocenters. The molecule has 2 aromatic rings. The molecule has 1 N–H and O–H groups in total. The third-order valence-electron chi connectivity index (χ3n) is 2.84. The van der Waals surface area contributed by atoms with E-state index in [4.69, 9.17) is 5.11 Å². The van der Waals surface area contributed by atoms with E-state index in [0.29, 0.717) is 0 Å². The van der Waals surface area contributed by atoms with Gasteiger partial charge >= 0.3 is 0 Å². The van der Waals surface area contributed by atoms with Crippen molar-refractivity contribution >= 4 is 17.1 Å². The number of benzene rings is 2. The van der Waals surface area contributed by atoms with Crippen LogP contribution in [0.2, 0.25) is 0 Å². The minimum absolute atomic E-state index is 0.0580. The zero-order chi connectivity index (χ0) is 11.5. The molecule has 0 aliphatic carbocycles. The van der Waals surface area contributed by atoms with E-state index < -0.39 is 0 Å². The predicted molar refractivity (Wildman–Crippen MR) is 64.3 cm³/mol.